The molecule has 156 valence electrons. The molecule has 7 heteroatoms. The first-order valence-corrected chi connectivity index (χ1v) is 10.2. The van der Waals surface area contributed by atoms with E-state index in [1.165, 1.54) is 6.34 Å². The summed E-state index contributed by atoms with van der Waals surface area (Å²) >= 11 is 0. The normalized spacial score (nSPS) is 19.4. The molecule has 0 atom stereocenters. The van der Waals surface area contributed by atoms with Crippen LogP contribution in [-0.4, -0.2) is 51.7 Å². The molecule has 2 N–H and O–H groups in total. The summed E-state index contributed by atoms with van der Waals surface area (Å²) in [5, 5.41) is 23.1. The molecule has 0 radical (unpaired) electrons. The van der Waals surface area contributed by atoms with Crippen LogP contribution in [0, 0.1) is 0 Å². The number of piperidine rings is 1. The van der Waals surface area contributed by atoms with Crippen molar-refractivity contribution in [3.63, 3.8) is 0 Å². The van der Waals surface area contributed by atoms with Crippen LogP contribution in [-0.2, 0) is 0 Å². The Morgan fingerprint density at radius 3 is 2.50 bits per heavy atom. The molecule has 2 aliphatic rings. The first-order valence-electron chi connectivity index (χ1n) is 10.2. The quantitative estimate of drug-likeness (QED) is 0.809. The standard InChI is InChI=1S/C23H28N6O/c1-22(2)12-16(13-23(3,4)28-22)29(5)21-7-6-18(26-27-21)17-10-15-8-9-24-14-25-19(15)11-20(17)30/h6-8,10-11,14,16,28,30H,12-13H2,1-5H3. The summed E-state index contributed by atoms with van der Waals surface area (Å²) in [6, 6.07) is 7.67. The van der Waals surface area contributed by atoms with E-state index in [4.69, 9.17) is 0 Å². The van der Waals surface area contributed by atoms with Gasteiger partial charge in [0.2, 0.25) is 0 Å². The van der Waals surface area contributed by atoms with Gasteiger partial charge in [-0.3, -0.25) is 0 Å². The molecule has 1 saturated heterocycles. The van der Waals surface area contributed by atoms with Crippen LogP contribution < -0.4 is 10.2 Å². The molecule has 1 fully saturated rings. The molecule has 2 aromatic rings. The van der Waals surface area contributed by atoms with Gasteiger partial charge in [-0.25, -0.2) is 4.99 Å². The third kappa shape index (κ3) is 4.13. The summed E-state index contributed by atoms with van der Waals surface area (Å²) in [6.07, 6.45) is 5.20. The topological polar surface area (TPSA) is 86.0 Å². The minimum Gasteiger partial charge on any atom is -0.507 e. The van der Waals surface area contributed by atoms with Crippen LogP contribution in [0.4, 0.5) is 11.5 Å². The minimum absolute atomic E-state index is 0.0565. The molecular formula is C23H28N6O. The first-order chi connectivity index (χ1) is 14.1. The number of aliphatic imine (C=N–C) groups is 2. The van der Waals surface area contributed by atoms with E-state index >= 15 is 0 Å². The maximum Gasteiger partial charge on any atom is 0.151 e. The predicted molar refractivity (Wildman–Crippen MR) is 122 cm³/mol. The van der Waals surface area contributed by atoms with Crippen LogP contribution in [0.2, 0.25) is 0 Å². The molecule has 1 aromatic heterocycles. The molecule has 30 heavy (non-hydrogen) atoms. The number of aromatic nitrogens is 2. The number of rotatable bonds is 3. The van der Waals surface area contributed by atoms with Gasteiger partial charge in [0.25, 0.3) is 0 Å². The number of phenolic OH excluding ortho intramolecular Hbond substituents is 1. The van der Waals surface area contributed by atoms with E-state index in [1.807, 2.05) is 18.2 Å². The monoisotopic (exact) mass is 404 g/mol. The average molecular weight is 405 g/mol. The maximum atomic E-state index is 10.5. The molecule has 7 nitrogen and oxygen atoms in total. The highest BCUT2D eigenvalue weighted by Gasteiger charge is 2.39. The predicted octanol–water partition coefficient (Wildman–Crippen LogP) is 3.95. The fraction of sp³-hybridized carbons (Fsp3) is 0.435. The van der Waals surface area contributed by atoms with Crippen molar-refractivity contribution >= 4 is 29.8 Å². The number of phenols is 1. The van der Waals surface area contributed by atoms with E-state index in [9.17, 15) is 5.11 Å². The van der Waals surface area contributed by atoms with Crippen LogP contribution in [0.25, 0.3) is 17.3 Å². The number of aromatic hydroxyl groups is 1. The van der Waals surface area contributed by atoms with Gasteiger partial charge in [-0.2, -0.15) is 4.99 Å². The fourth-order valence-electron chi connectivity index (χ4n) is 4.64. The highest BCUT2D eigenvalue weighted by Crippen LogP contribution is 2.36. The lowest BCUT2D eigenvalue weighted by atomic mass is 9.79. The van der Waals surface area contributed by atoms with Crippen molar-refractivity contribution in [2.75, 3.05) is 11.9 Å². The van der Waals surface area contributed by atoms with Gasteiger partial charge in [0, 0.05) is 47.4 Å². The Morgan fingerprint density at radius 1 is 1.10 bits per heavy atom. The van der Waals surface area contributed by atoms with E-state index in [0.717, 1.165) is 24.2 Å². The smallest absolute Gasteiger partial charge is 0.151 e. The lowest BCUT2D eigenvalue weighted by molar-refractivity contribution is 0.160. The highest BCUT2D eigenvalue weighted by molar-refractivity contribution is 5.91. The molecule has 0 spiro atoms. The minimum atomic E-state index is 0.0565. The Hall–Kier alpha value is -3.02. The number of nitrogens with one attached hydrogen (secondary N) is 1. The summed E-state index contributed by atoms with van der Waals surface area (Å²) in [7, 11) is 2.08. The summed E-state index contributed by atoms with van der Waals surface area (Å²) in [4.78, 5) is 10.3. The molecule has 2 aliphatic heterocycles. The molecule has 0 aliphatic carbocycles. The van der Waals surface area contributed by atoms with E-state index in [-0.39, 0.29) is 16.8 Å². The lowest BCUT2D eigenvalue weighted by Gasteiger charge is -2.49. The Kier molecular flexibility index (Phi) is 4.96. The maximum absolute atomic E-state index is 10.5. The summed E-state index contributed by atoms with van der Waals surface area (Å²) in [6.45, 7) is 8.98. The number of hydrogen-bond donors (Lipinski definition) is 2. The largest absolute Gasteiger partial charge is 0.507 e. The fourth-order valence-corrected chi connectivity index (χ4v) is 4.64. The second-order valence-electron chi connectivity index (χ2n) is 9.42. The lowest BCUT2D eigenvalue weighted by Crippen LogP contribution is -2.62. The van der Waals surface area contributed by atoms with Gasteiger partial charge in [-0.15, -0.1) is 10.2 Å². The van der Waals surface area contributed by atoms with Crippen molar-refractivity contribution in [3.05, 3.63) is 29.8 Å². The van der Waals surface area contributed by atoms with Crippen molar-refractivity contribution in [1.82, 2.24) is 15.5 Å². The first kappa shape index (κ1) is 20.3. The van der Waals surface area contributed by atoms with E-state index < -0.39 is 0 Å². The van der Waals surface area contributed by atoms with Gasteiger partial charge in [-0.05, 0) is 64.6 Å². The van der Waals surface area contributed by atoms with Gasteiger partial charge in [0.15, 0.2) is 5.82 Å². The number of hydrogen-bond acceptors (Lipinski definition) is 7. The summed E-state index contributed by atoms with van der Waals surface area (Å²) in [5.41, 5.74) is 2.79. The van der Waals surface area contributed by atoms with Crippen LogP contribution in [0.5, 0.6) is 5.75 Å². The van der Waals surface area contributed by atoms with Crippen LogP contribution in [0.3, 0.4) is 0 Å². The summed E-state index contributed by atoms with van der Waals surface area (Å²) in [5.74, 6) is 3.73. The molecule has 4 rings (SSSR count). The number of nitrogens with zero attached hydrogens (tertiary/aromatic N) is 5. The van der Waals surface area contributed by atoms with Crippen LogP contribution >= 0.6 is 0 Å². The van der Waals surface area contributed by atoms with Crippen LogP contribution in [0.15, 0.2) is 34.3 Å². The zero-order valence-corrected chi connectivity index (χ0v) is 18.1. The van der Waals surface area contributed by atoms with Gasteiger partial charge in [0.05, 0.1) is 11.4 Å². The average Bonchev–Trinajstić information content (AvgIpc) is 2.89. The van der Waals surface area contributed by atoms with Crippen molar-refractivity contribution in [2.45, 2.75) is 57.7 Å². The van der Waals surface area contributed by atoms with E-state index in [0.29, 0.717) is 23.0 Å². The van der Waals surface area contributed by atoms with Gasteiger partial charge in [0.1, 0.15) is 12.1 Å². The molecule has 0 unspecified atom stereocenters. The summed E-state index contributed by atoms with van der Waals surface area (Å²) < 4.78 is 0. The third-order valence-electron chi connectivity index (χ3n) is 5.70. The molecule has 3 heterocycles. The van der Waals surface area contributed by atoms with Crippen molar-refractivity contribution in [1.29, 1.82) is 0 Å². The number of fused-ring (bicyclic) bond motifs is 1. The number of benzene rings is 1. The van der Waals surface area contributed by atoms with Crippen molar-refractivity contribution < 1.29 is 5.11 Å². The third-order valence-corrected chi connectivity index (χ3v) is 5.70. The Labute approximate surface area is 177 Å². The van der Waals surface area contributed by atoms with E-state index in [1.54, 1.807) is 12.1 Å². The zero-order chi connectivity index (χ0) is 21.5. The van der Waals surface area contributed by atoms with E-state index in [2.05, 4.69) is 71.0 Å². The zero-order valence-electron chi connectivity index (χ0n) is 18.1. The Bertz CT molecular complexity index is 1030. The second-order valence-corrected chi connectivity index (χ2v) is 9.42. The van der Waals surface area contributed by atoms with Crippen molar-refractivity contribution in [3.8, 4) is 17.0 Å². The molecule has 0 bridgehead atoms. The highest BCUT2D eigenvalue weighted by atomic mass is 16.3. The van der Waals surface area contributed by atoms with Crippen molar-refractivity contribution in [2.24, 2.45) is 9.98 Å². The van der Waals surface area contributed by atoms with Gasteiger partial charge < -0.3 is 15.3 Å². The SMILES string of the molecule is CN(c1ccc(-c2cc3c(cc2O)N=CN=C=C3)nn1)C1CC(C)(C)NC(C)(C)C1. The van der Waals surface area contributed by atoms with Gasteiger partial charge >= 0.3 is 0 Å². The molecule has 1 aromatic carbocycles. The Morgan fingerprint density at radius 2 is 1.83 bits per heavy atom. The molecule has 0 amide bonds. The molecular weight excluding hydrogens is 376 g/mol. The van der Waals surface area contributed by atoms with Gasteiger partial charge in [-0.1, -0.05) is 0 Å². The second kappa shape index (κ2) is 7.35. The van der Waals surface area contributed by atoms with Crippen LogP contribution in [0.1, 0.15) is 46.1 Å². The Balaban J connectivity index is 1.60. The number of anilines is 1. The molecule has 0 saturated carbocycles.